The van der Waals surface area contributed by atoms with Gasteiger partial charge >= 0.3 is 0 Å². The molecule has 1 aromatic carbocycles. The minimum atomic E-state index is -0.261. The van der Waals surface area contributed by atoms with Gasteiger partial charge in [0.05, 0.1) is 0 Å². The van der Waals surface area contributed by atoms with Gasteiger partial charge in [-0.15, -0.1) is 0 Å². The zero-order chi connectivity index (χ0) is 15.2. The van der Waals surface area contributed by atoms with Crippen molar-refractivity contribution in [1.29, 1.82) is 0 Å². The van der Waals surface area contributed by atoms with E-state index in [0.29, 0.717) is 11.6 Å². The van der Waals surface area contributed by atoms with Crippen LogP contribution < -0.4 is 11.3 Å². The van der Waals surface area contributed by atoms with Crippen molar-refractivity contribution in [3.05, 3.63) is 33.8 Å². The first-order valence-corrected chi connectivity index (χ1v) is 8.48. The number of benzene rings is 1. The van der Waals surface area contributed by atoms with E-state index in [2.05, 4.69) is 33.2 Å². The standard InChI is InChI=1S/C16H24BrN3O/c1-2-14-6-4-3-5-9-20(14)11-13-8-7-12(10-15(13)17)16(21)19-18/h7-8,10,14H,2-6,9,11,18H2,1H3,(H,19,21). The molecule has 21 heavy (non-hydrogen) atoms. The smallest absolute Gasteiger partial charge is 0.265 e. The van der Waals surface area contributed by atoms with E-state index in [1.54, 1.807) is 0 Å². The van der Waals surface area contributed by atoms with Gasteiger partial charge in [0.15, 0.2) is 0 Å². The molecule has 1 aliphatic heterocycles. The number of hydrogen-bond donors (Lipinski definition) is 2. The van der Waals surface area contributed by atoms with E-state index in [0.717, 1.165) is 17.6 Å². The van der Waals surface area contributed by atoms with Crippen molar-refractivity contribution in [1.82, 2.24) is 10.3 Å². The first kappa shape index (κ1) is 16.5. The fraction of sp³-hybridized carbons (Fsp3) is 0.562. The molecule has 0 spiro atoms. The minimum absolute atomic E-state index is 0.261. The van der Waals surface area contributed by atoms with Crippen molar-refractivity contribution in [3.8, 4) is 0 Å². The molecule has 0 aromatic heterocycles. The van der Waals surface area contributed by atoms with Gasteiger partial charge in [-0.25, -0.2) is 5.84 Å². The molecular formula is C16H24BrN3O. The number of rotatable bonds is 4. The van der Waals surface area contributed by atoms with Gasteiger partial charge in [0, 0.05) is 22.6 Å². The van der Waals surface area contributed by atoms with E-state index in [1.807, 2.05) is 18.2 Å². The third kappa shape index (κ3) is 4.28. The molecule has 1 heterocycles. The Hall–Kier alpha value is -0.910. The average molecular weight is 354 g/mol. The minimum Gasteiger partial charge on any atom is -0.296 e. The van der Waals surface area contributed by atoms with Crippen LogP contribution >= 0.6 is 15.9 Å². The lowest BCUT2D eigenvalue weighted by atomic mass is 10.1. The number of likely N-dealkylation sites (tertiary alicyclic amines) is 1. The Morgan fingerprint density at radius 1 is 1.43 bits per heavy atom. The van der Waals surface area contributed by atoms with Gasteiger partial charge in [-0.1, -0.05) is 41.8 Å². The van der Waals surface area contributed by atoms with Crippen molar-refractivity contribution in [2.75, 3.05) is 6.54 Å². The lowest BCUT2D eigenvalue weighted by Gasteiger charge is -2.29. The van der Waals surface area contributed by atoms with Gasteiger partial charge in [0.1, 0.15) is 0 Å². The number of nitrogens with one attached hydrogen (secondary N) is 1. The van der Waals surface area contributed by atoms with E-state index in [-0.39, 0.29) is 5.91 Å². The highest BCUT2D eigenvalue weighted by Crippen LogP contribution is 2.25. The molecule has 116 valence electrons. The van der Waals surface area contributed by atoms with Crippen molar-refractivity contribution in [3.63, 3.8) is 0 Å². The third-order valence-electron chi connectivity index (χ3n) is 4.29. The Balaban J connectivity index is 2.12. The molecule has 1 aromatic rings. The summed E-state index contributed by atoms with van der Waals surface area (Å²) in [4.78, 5) is 14.1. The Morgan fingerprint density at radius 2 is 2.24 bits per heavy atom. The first-order valence-electron chi connectivity index (χ1n) is 7.69. The van der Waals surface area contributed by atoms with Gasteiger partial charge in [0.25, 0.3) is 5.91 Å². The molecule has 0 bridgehead atoms. The van der Waals surface area contributed by atoms with Gasteiger partial charge in [-0.05, 0) is 43.5 Å². The Morgan fingerprint density at radius 3 is 2.90 bits per heavy atom. The second-order valence-electron chi connectivity index (χ2n) is 5.66. The van der Waals surface area contributed by atoms with Crippen LogP contribution in [0.4, 0.5) is 0 Å². The molecule has 4 nitrogen and oxygen atoms in total. The number of carbonyl (C=O) groups is 1. The van der Waals surface area contributed by atoms with Crippen LogP contribution in [-0.2, 0) is 6.54 Å². The maximum Gasteiger partial charge on any atom is 0.265 e. The molecule has 0 saturated carbocycles. The molecule has 2 rings (SSSR count). The van der Waals surface area contributed by atoms with Gasteiger partial charge in [-0.3, -0.25) is 15.1 Å². The monoisotopic (exact) mass is 353 g/mol. The zero-order valence-corrected chi connectivity index (χ0v) is 14.2. The predicted octanol–water partition coefficient (Wildman–Crippen LogP) is 3.21. The van der Waals surface area contributed by atoms with Gasteiger partial charge < -0.3 is 0 Å². The molecule has 0 aliphatic carbocycles. The van der Waals surface area contributed by atoms with Crippen LogP contribution in [0.2, 0.25) is 0 Å². The van der Waals surface area contributed by atoms with E-state index in [4.69, 9.17) is 5.84 Å². The Kier molecular flexibility index (Phi) is 6.21. The maximum atomic E-state index is 11.5. The molecular weight excluding hydrogens is 330 g/mol. The predicted molar refractivity (Wildman–Crippen MR) is 88.8 cm³/mol. The first-order chi connectivity index (χ1) is 10.2. The van der Waals surface area contributed by atoms with E-state index in [1.165, 1.54) is 37.7 Å². The number of hydrogen-bond acceptors (Lipinski definition) is 3. The summed E-state index contributed by atoms with van der Waals surface area (Å²) in [5.41, 5.74) is 3.97. The topological polar surface area (TPSA) is 58.4 Å². The normalized spacial score (nSPS) is 20.0. The number of nitrogens with zero attached hydrogens (tertiary/aromatic N) is 1. The highest BCUT2D eigenvalue weighted by atomic mass is 79.9. The second-order valence-corrected chi connectivity index (χ2v) is 6.52. The van der Waals surface area contributed by atoms with Crippen LogP contribution in [0, 0.1) is 0 Å². The number of nitrogen functional groups attached to an aromatic ring is 1. The summed E-state index contributed by atoms with van der Waals surface area (Å²) < 4.78 is 0.975. The lowest BCUT2D eigenvalue weighted by molar-refractivity contribution is 0.0953. The summed E-state index contributed by atoms with van der Waals surface area (Å²) in [6.07, 6.45) is 6.45. The Labute approximate surface area is 135 Å². The fourth-order valence-electron chi connectivity index (χ4n) is 3.03. The van der Waals surface area contributed by atoms with Crippen LogP contribution in [0.1, 0.15) is 54.9 Å². The summed E-state index contributed by atoms with van der Waals surface area (Å²) >= 11 is 3.59. The molecule has 3 N–H and O–H groups in total. The van der Waals surface area contributed by atoms with E-state index in [9.17, 15) is 4.79 Å². The molecule has 5 heteroatoms. The lowest BCUT2D eigenvalue weighted by Crippen LogP contribution is -2.34. The number of halogens is 1. The number of hydrazine groups is 1. The highest BCUT2D eigenvalue weighted by Gasteiger charge is 2.20. The molecule has 1 amide bonds. The van der Waals surface area contributed by atoms with Crippen LogP contribution in [0.15, 0.2) is 22.7 Å². The molecule has 1 fully saturated rings. The maximum absolute atomic E-state index is 11.5. The van der Waals surface area contributed by atoms with Crippen LogP contribution in [0.5, 0.6) is 0 Å². The second kappa shape index (κ2) is 7.92. The van der Waals surface area contributed by atoms with E-state index >= 15 is 0 Å². The molecule has 0 radical (unpaired) electrons. The molecule has 1 atom stereocenters. The van der Waals surface area contributed by atoms with Gasteiger partial charge in [0.2, 0.25) is 0 Å². The largest absolute Gasteiger partial charge is 0.296 e. The van der Waals surface area contributed by atoms with Crippen molar-refractivity contribution in [2.45, 2.75) is 51.6 Å². The zero-order valence-electron chi connectivity index (χ0n) is 12.6. The molecule has 1 unspecified atom stereocenters. The quantitative estimate of drug-likeness (QED) is 0.496. The molecule has 1 aliphatic rings. The number of carbonyl (C=O) groups excluding carboxylic acids is 1. The number of nitrogens with two attached hydrogens (primary N) is 1. The SMILES string of the molecule is CCC1CCCCCN1Cc1ccc(C(=O)NN)cc1Br. The average Bonchev–Trinajstić information content (AvgIpc) is 2.73. The highest BCUT2D eigenvalue weighted by molar-refractivity contribution is 9.10. The Bertz CT molecular complexity index is 492. The van der Waals surface area contributed by atoms with Crippen molar-refractivity contribution in [2.24, 2.45) is 5.84 Å². The third-order valence-corrected chi connectivity index (χ3v) is 5.03. The summed E-state index contributed by atoms with van der Waals surface area (Å²) in [6, 6.07) is 6.37. The summed E-state index contributed by atoms with van der Waals surface area (Å²) in [5, 5.41) is 0. The van der Waals surface area contributed by atoms with Crippen molar-refractivity contribution < 1.29 is 4.79 Å². The van der Waals surface area contributed by atoms with Crippen LogP contribution in [-0.4, -0.2) is 23.4 Å². The van der Waals surface area contributed by atoms with E-state index < -0.39 is 0 Å². The summed E-state index contributed by atoms with van der Waals surface area (Å²) in [7, 11) is 0. The van der Waals surface area contributed by atoms with Crippen LogP contribution in [0.3, 0.4) is 0 Å². The summed E-state index contributed by atoms with van der Waals surface area (Å²) in [6.45, 7) is 4.37. The summed E-state index contributed by atoms with van der Waals surface area (Å²) in [5.74, 6) is 4.91. The van der Waals surface area contributed by atoms with Crippen LogP contribution in [0.25, 0.3) is 0 Å². The number of amides is 1. The van der Waals surface area contributed by atoms with Gasteiger partial charge in [-0.2, -0.15) is 0 Å². The fourth-order valence-corrected chi connectivity index (χ4v) is 3.53. The molecule has 1 saturated heterocycles. The van der Waals surface area contributed by atoms with Crippen molar-refractivity contribution >= 4 is 21.8 Å².